The maximum absolute atomic E-state index is 14.6. The summed E-state index contributed by atoms with van der Waals surface area (Å²) in [5.74, 6) is -26.2. The lowest BCUT2D eigenvalue weighted by molar-refractivity contribution is -0.424. The standard InChI is InChI=1S/C11H17F3I2.C8H7F11O2.C7H9F3I2.C2H4/c1-8-6-9(2-4-15)10(12,3-5-16)11(13,14)7-8;1-20-7(15,16)6(13,14)5(11,12)4(9,10)2-3-21-8(17,18)19;1-4-2-5(11)7(10,12)6(8,9)3-4;1-2/h8-9H,2-7H2,1H3;2-3H2,1H3;4-5H,2-3H2,1H3;1-2H2. The molecule has 2 fully saturated rings. The molecule has 0 radical (unpaired) electrons. The summed E-state index contributed by atoms with van der Waals surface area (Å²) in [7, 11) is -0.144. The van der Waals surface area contributed by atoms with Crippen molar-refractivity contribution in [2.45, 2.75) is 114 Å². The van der Waals surface area contributed by atoms with Gasteiger partial charge in [-0.25, -0.2) is 26.3 Å². The molecule has 0 aromatic rings. The zero-order chi connectivity index (χ0) is 41.3. The minimum Gasteiger partial charge on any atom is -0.319 e. The van der Waals surface area contributed by atoms with Crippen molar-refractivity contribution in [2.75, 3.05) is 22.6 Å². The van der Waals surface area contributed by atoms with Gasteiger partial charge in [-0.1, -0.05) is 81.6 Å². The molecule has 0 heterocycles. The first-order valence-corrected chi connectivity index (χ1v) is 19.9. The first kappa shape index (κ1) is 54.5. The molecule has 0 aliphatic heterocycles. The van der Waals surface area contributed by atoms with Crippen LogP contribution in [-0.4, -0.2) is 77.9 Å². The van der Waals surface area contributed by atoms with Gasteiger partial charge in [-0.3, -0.25) is 4.74 Å². The highest BCUT2D eigenvalue weighted by Gasteiger charge is 2.81. The van der Waals surface area contributed by atoms with Crippen LogP contribution in [0.1, 0.15) is 58.8 Å². The molecule has 0 aromatic heterocycles. The van der Waals surface area contributed by atoms with Gasteiger partial charge in [0.2, 0.25) is 3.68 Å². The summed E-state index contributed by atoms with van der Waals surface area (Å²) in [5.41, 5.74) is -2.27. The molecule has 0 bridgehead atoms. The van der Waals surface area contributed by atoms with E-state index in [2.05, 4.69) is 45.2 Å². The van der Waals surface area contributed by atoms with Crippen molar-refractivity contribution in [3.63, 3.8) is 0 Å². The predicted octanol–water partition coefficient (Wildman–Crippen LogP) is 13.8. The molecule has 0 N–H and O–H groups in total. The van der Waals surface area contributed by atoms with Gasteiger partial charge in [0.25, 0.3) is 11.8 Å². The number of methoxy groups -OCH3 is 1. The van der Waals surface area contributed by atoms with Crippen molar-refractivity contribution >= 4 is 90.4 Å². The minimum atomic E-state index is -6.69. The number of halogens is 21. The molecule has 0 amide bonds. The van der Waals surface area contributed by atoms with E-state index in [4.69, 9.17) is 0 Å². The van der Waals surface area contributed by atoms with Crippen LogP contribution < -0.4 is 0 Å². The third kappa shape index (κ3) is 14.1. The summed E-state index contributed by atoms with van der Waals surface area (Å²) >= 11 is 7.15. The maximum Gasteiger partial charge on any atom is 0.522 e. The average Bonchev–Trinajstić information content (AvgIpc) is 2.95. The number of rotatable bonds is 11. The van der Waals surface area contributed by atoms with E-state index in [1.54, 1.807) is 36.4 Å². The van der Waals surface area contributed by atoms with E-state index in [0.717, 1.165) is 4.43 Å². The summed E-state index contributed by atoms with van der Waals surface area (Å²) in [6.07, 6.45) is -13.0. The molecule has 51 heavy (non-hydrogen) atoms. The highest BCUT2D eigenvalue weighted by molar-refractivity contribution is 14.1. The average molecular weight is 1240 g/mol. The highest BCUT2D eigenvalue weighted by Crippen LogP contribution is 2.55. The molecule has 308 valence electrons. The van der Waals surface area contributed by atoms with Gasteiger partial charge in [0, 0.05) is 30.8 Å². The molecule has 2 aliphatic carbocycles. The van der Waals surface area contributed by atoms with E-state index in [1.807, 2.05) is 22.6 Å². The Kier molecular flexibility index (Phi) is 22.1. The first-order valence-electron chi connectivity index (χ1n) is 14.5. The van der Waals surface area contributed by atoms with Gasteiger partial charge < -0.3 is 4.74 Å². The number of alkyl halides is 21. The molecule has 0 aromatic carbocycles. The number of hydrogen-bond donors (Lipinski definition) is 0. The summed E-state index contributed by atoms with van der Waals surface area (Å²) in [6, 6.07) is 0. The first-order chi connectivity index (χ1) is 22.7. The van der Waals surface area contributed by atoms with Crippen LogP contribution in [0.15, 0.2) is 13.2 Å². The van der Waals surface area contributed by atoms with E-state index >= 15 is 0 Å². The number of hydrogen-bond acceptors (Lipinski definition) is 2. The zero-order valence-corrected chi connectivity index (χ0v) is 35.7. The largest absolute Gasteiger partial charge is 0.522 e. The van der Waals surface area contributed by atoms with Crippen LogP contribution in [0.3, 0.4) is 0 Å². The minimum absolute atomic E-state index is 0.0193. The molecule has 2 rings (SSSR count). The van der Waals surface area contributed by atoms with Gasteiger partial charge in [0.15, 0.2) is 5.67 Å². The summed E-state index contributed by atoms with van der Waals surface area (Å²) in [5, 5.41) is 0. The Balaban J connectivity index is 0. The van der Waals surface area contributed by atoms with Crippen molar-refractivity contribution < 1.29 is 84.1 Å². The second-order valence-corrected chi connectivity index (χ2v) is 16.9. The van der Waals surface area contributed by atoms with E-state index < -0.39 is 74.3 Å². The van der Waals surface area contributed by atoms with Crippen LogP contribution in [0.4, 0.5) is 74.6 Å². The molecule has 0 spiro atoms. The molecule has 23 heteroatoms. The van der Waals surface area contributed by atoms with Crippen LogP contribution in [0.2, 0.25) is 0 Å². The van der Waals surface area contributed by atoms with Gasteiger partial charge in [-0.05, 0) is 70.5 Å². The third-order valence-electron chi connectivity index (χ3n) is 7.72. The Morgan fingerprint density at radius 1 is 0.725 bits per heavy atom. The van der Waals surface area contributed by atoms with Gasteiger partial charge in [0.05, 0.1) is 10.5 Å². The molecular formula is C28H37F17I4O2. The fourth-order valence-corrected chi connectivity index (χ4v) is 8.38. The van der Waals surface area contributed by atoms with Crippen molar-refractivity contribution in [1.29, 1.82) is 0 Å². The topological polar surface area (TPSA) is 18.5 Å². The Morgan fingerprint density at radius 2 is 1.18 bits per heavy atom. The second-order valence-electron chi connectivity index (χ2n) is 11.7. The van der Waals surface area contributed by atoms with Gasteiger partial charge in [0.1, 0.15) is 0 Å². The van der Waals surface area contributed by atoms with Crippen LogP contribution in [0, 0.1) is 17.8 Å². The SMILES string of the molecule is C=C.CC1CC(CCI)C(F)(CCI)C(F)(F)C1.CC1CC(I)C(F)(I)C(F)(F)C1.COC(F)(F)C(F)(F)C(F)(F)C(F)(F)CCOC(F)(F)F. The van der Waals surface area contributed by atoms with E-state index in [0.29, 0.717) is 23.7 Å². The molecule has 6 unspecified atom stereocenters. The van der Waals surface area contributed by atoms with Crippen molar-refractivity contribution in [2.24, 2.45) is 17.8 Å². The lowest BCUT2D eigenvalue weighted by Crippen LogP contribution is -2.62. The lowest BCUT2D eigenvalue weighted by Gasteiger charge is -2.45. The van der Waals surface area contributed by atoms with Gasteiger partial charge >= 0.3 is 30.2 Å². The Bertz CT molecular complexity index is 1030. The van der Waals surface area contributed by atoms with Crippen molar-refractivity contribution in [3.05, 3.63) is 13.2 Å². The normalized spacial score (nSPS) is 29.7. The maximum atomic E-state index is 14.6. The molecule has 0 saturated heterocycles. The van der Waals surface area contributed by atoms with Crippen LogP contribution in [-0.2, 0) is 9.47 Å². The van der Waals surface area contributed by atoms with E-state index in [1.165, 1.54) is 22.6 Å². The van der Waals surface area contributed by atoms with Crippen molar-refractivity contribution in [1.82, 2.24) is 0 Å². The monoisotopic (exact) mass is 1240 g/mol. The fourth-order valence-electron chi connectivity index (χ4n) is 5.04. The Morgan fingerprint density at radius 3 is 1.57 bits per heavy atom. The van der Waals surface area contributed by atoms with Crippen molar-refractivity contribution in [3.8, 4) is 0 Å². The third-order valence-corrected chi connectivity index (χ3v) is 13.0. The predicted molar refractivity (Wildman–Crippen MR) is 191 cm³/mol. The Hall–Kier alpha value is 1.39. The second kappa shape index (κ2) is 20.7. The molecule has 2 aliphatic rings. The van der Waals surface area contributed by atoms with Crippen LogP contribution in [0.25, 0.3) is 0 Å². The summed E-state index contributed by atoms with van der Waals surface area (Å²) in [6.45, 7) is 7.41. The zero-order valence-electron chi connectivity index (χ0n) is 27.0. The fraction of sp³-hybridized carbons (Fsp3) is 0.929. The summed E-state index contributed by atoms with van der Waals surface area (Å²) in [4.78, 5) is 0. The lowest BCUT2D eigenvalue weighted by atomic mass is 9.68. The quantitative estimate of drug-likeness (QED) is 0.0888. The smallest absolute Gasteiger partial charge is 0.319 e. The van der Waals surface area contributed by atoms with E-state index in [-0.39, 0.29) is 38.2 Å². The molecular weight excluding hydrogens is 1200 g/mol. The van der Waals surface area contributed by atoms with Crippen LogP contribution in [0.5, 0.6) is 0 Å². The molecule has 6 atom stereocenters. The summed E-state index contributed by atoms with van der Waals surface area (Å²) < 4.78 is 222. The molecule has 2 nitrogen and oxygen atoms in total. The van der Waals surface area contributed by atoms with Gasteiger partial charge in [-0.2, -0.15) is 35.1 Å². The van der Waals surface area contributed by atoms with Gasteiger partial charge in [-0.15, -0.1) is 26.3 Å². The van der Waals surface area contributed by atoms with E-state index in [9.17, 15) is 74.6 Å². The number of ether oxygens (including phenoxy) is 2. The molecule has 2 saturated carbocycles. The highest BCUT2D eigenvalue weighted by atomic mass is 127. The Labute approximate surface area is 339 Å². The van der Waals surface area contributed by atoms with Crippen LogP contribution >= 0.6 is 90.4 Å².